The third-order valence-corrected chi connectivity index (χ3v) is 5.07. The molecule has 4 unspecified atom stereocenters. The molecule has 1 heterocycles. The Kier molecular flexibility index (Phi) is 6.32. The molecular weight excluding hydrogens is 294 g/mol. The summed E-state index contributed by atoms with van der Waals surface area (Å²) in [6.45, 7) is 9.20. The fourth-order valence-electron chi connectivity index (χ4n) is 3.78. The molecule has 0 aromatic rings. The number of ether oxygens (including phenoxy) is 2. The molecule has 5 heteroatoms. The Morgan fingerprint density at radius 1 is 1.39 bits per heavy atom. The molecule has 5 nitrogen and oxygen atoms in total. The number of hydrogen-bond donors (Lipinski definition) is 1. The minimum Gasteiger partial charge on any atom is -0.444 e. The number of rotatable bonds is 3. The minimum atomic E-state index is -0.530. The van der Waals surface area contributed by atoms with Crippen LogP contribution in [-0.2, 0) is 9.47 Å². The van der Waals surface area contributed by atoms with Crippen molar-refractivity contribution < 1.29 is 19.4 Å². The Hall–Kier alpha value is -0.810. The van der Waals surface area contributed by atoms with E-state index in [1.807, 2.05) is 20.8 Å². The van der Waals surface area contributed by atoms with Crippen molar-refractivity contribution in [1.29, 1.82) is 0 Å². The molecule has 0 spiro atoms. The maximum atomic E-state index is 12.5. The first-order chi connectivity index (χ1) is 10.8. The summed E-state index contributed by atoms with van der Waals surface area (Å²) < 4.78 is 11.1. The zero-order valence-electron chi connectivity index (χ0n) is 15.1. The Morgan fingerprint density at radius 3 is 2.78 bits per heavy atom. The van der Waals surface area contributed by atoms with Crippen LogP contribution in [-0.4, -0.2) is 53.6 Å². The van der Waals surface area contributed by atoms with Crippen LogP contribution in [0.3, 0.4) is 0 Å². The minimum absolute atomic E-state index is 0.255. The number of carbonyl (C=O) groups is 1. The number of aliphatic hydroxyl groups excluding tert-OH is 1. The maximum Gasteiger partial charge on any atom is 0.410 e. The molecule has 0 aromatic carbocycles. The summed E-state index contributed by atoms with van der Waals surface area (Å²) in [5.41, 5.74) is -0.525. The molecule has 1 amide bonds. The molecule has 1 saturated heterocycles. The average molecular weight is 327 g/mol. The van der Waals surface area contributed by atoms with Crippen LogP contribution >= 0.6 is 0 Å². The Balaban J connectivity index is 2.03. The lowest BCUT2D eigenvalue weighted by atomic mass is 9.76. The first-order valence-electron chi connectivity index (χ1n) is 9.07. The van der Waals surface area contributed by atoms with Crippen molar-refractivity contribution in [3.05, 3.63) is 0 Å². The van der Waals surface area contributed by atoms with Crippen LogP contribution in [0.25, 0.3) is 0 Å². The highest BCUT2D eigenvalue weighted by molar-refractivity contribution is 5.68. The SMILES string of the molecule is CCC1CCCC(C(O)C2COCCN2C(=O)OC(C)(C)C)C1. The molecule has 2 fully saturated rings. The maximum absolute atomic E-state index is 12.5. The number of aliphatic hydroxyl groups is 1. The van der Waals surface area contributed by atoms with Crippen molar-refractivity contribution in [2.24, 2.45) is 11.8 Å². The van der Waals surface area contributed by atoms with E-state index in [4.69, 9.17) is 9.47 Å². The van der Waals surface area contributed by atoms with E-state index in [9.17, 15) is 9.90 Å². The van der Waals surface area contributed by atoms with Crippen molar-refractivity contribution in [1.82, 2.24) is 4.90 Å². The second-order valence-corrected chi connectivity index (χ2v) is 8.01. The van der Waals surface area contributed by atoms with Crippen molar-refractivity contribution in [3.8, 4) is 0 Å². The van der Waals surface area contributed by atoms with Gasteiger partial charge < -0.3 is 14.6 Å². The smallest absolute Gasteiger partial charge is 0.410 e. The third-order valence-electron chi connectivity index (χ3n) is 5.07. The van der Waals surface area contributed by atoms with Gasteiger partial charge in [-0.15, -0.1) is 0 Å². The molecule has 1 aliphatic heterocycles. The van der Waals surface area contributed by atoms with Gasteiger partial charge in [-0.05, 0) is 45.4 Å². The number of hydrogen-bond acceptors (Lipinski definition) is 4. The molecule has 0 bridgehead atoms. The van der Waals surface area contributed by atoms with Gasteiger partial charge in [-0.3, -0.25) is 4.90 Å². The van der Waals surface area contributed by atoms with Crippen LogP contribution in [0.2, 0.25) is 0 Å². The van der Waals surface area contributed by atoms with Gasteiger partial charge in [-0.1, -0.05) is 26.2 Å². The number of carbonyl (C=O) groups excluding carboxylic acids is 1. The van der Waals surface area contributed by atoms with E-state index in [2.05, 4.69) is 6.92 Å². The van der Waals surface area contributed by atoms with Gasteiger partial charge in [0.15, 0.2) is 0 Å². The van der Waals surface area contributed by atoms with Gasteiger partial charge >= 0.3 is 6.09 Å². The van der Waals surface area contributed by atoms with Crippen molar-refractivity contribution in [2.75, 3.05) is 19.8 Å². The predicted octanol–water partition coefficient (Wildman–Crippen LogP) is 3.20. The standard InChI is InChI=1S/C18H33NO4/c1-5-13-7-6-8-14(11-13)16(20)15-12-22-10-9-19(15)17(21)23-18(2,3)4/h13-16,20H,5-12H2,1-4H3. The lowest BCUT2D eigenvalue weighted by Gasteiger charge is -2.42. The second-order valence-electron chi connectivity index (χ2n) is 8.01. The second kappa shape index (κ2) is 7.84. The Labute approximate surface area is 140 Å². The van der Waals surface area contributed by atoms with Crippen molar-refractivity contribution in [3.63, 3.8) is 0 Å². The first-order valence-corrected chi connectivity index (χ1v) is 9.07. The molecule has 4 atom stereocenters. The summed E-state index contributed by atoms with van der Waals surface area (Å²) in [5.74, 6) is 0.952. The Bertz CT molecular complexity index is 393. The first kappa shape index (κ1) is 18.5. The molecule has 23 heavy (non-hydrogen) atoms. The molecule has 2 aliphatic rings. The summed E-state index contributed by atoms with van der Waals surface area (Å²) in [7, 11) is 0. The molecule has 1 saturated carbocycles. The zero-order valence-corrected chi connectivity index (χ0v) is 15.1. The van der Waals surface area contributed by atoms with Gasteiger partial charge in [0.1, 0.15) is 5.60 Å². The van der Waals surface area contributed by atoms with Gasteiger partial charge in [0.2, 0.25) is 0 Å². The van der Waals surface area contributed by atoms with Gasteiger partial charge in [0.25, 0.3) is 0 Å². The molecule has 0 aromatic heterocycles. The van der Waals surface area contributed by atoms with E-state index in [0.717, 1.165) is 12.8 Å². The summed E-state index contributed by atoms with van der Waals surface area (Å²) in [6.07, 6.45) is 4.81. The van der Waals surface area contributed by atoms with Crippen LogP contribution in [0.1, 0.15) is 59.8 Å². The van der Waals surface area contributed by atoms with Gasteiger partial charge in [0, 0.05) is 6.54 Å². The fourth-order valence-corrected chi connectivity index (χ4v) is 3.78. The van der Waals surface area contributed by atoms with Gasteiger partial charge in [-0.25, -0.2) is 4.79 Å². The lowest BCUT2D eigenvalue weighted by Crippen LogP contribution is -2.57. The topological polar surface area (TPSA) is 59.0 Å². The molecule has 2 rings (SSSR count). The quantitative estimate of drug-likeness (QED) is 0.865. The number of morpholine rings is 1. The van der Waals surface area contributed by atoms with Crippen molar-refractivity contribution >= 4 is 6.09 Å². The predicted molar refractivity (Wildman–Crippen MR) is 89.3 cm³/mol. The van der Waals surface area contributed by atoms with Gasteiger partial charge in [0.05, 0.1) is 25.4 Å². The van der Waals surface area contributed by atoms with Crippen LogP contribution < -0.4 is 0 Å². The van der Waals surface area contributed by atoms with Crippen LogP contribution in [0.4, 0.5) is 4.79 Å². The lowest BCUT2D eigenvalue weighted by molar-refractivity contribution is -0.0851. The van der Waals surface area contributed by atoms with E-state index < -0.39 is 11.7 Å². The Morgan fingerprint density at radius 2 is 2.13 bits per heavy atom. The van der Waals surface area contributed by atoms with Crippen molar-refractivity contribution in [2.45, 2.75) is 77.5 Å². The highest BCUT2D eigenvalue weighted by atomic mass is 16.6. The van der Waals surface area contributed by atoms with Crippen LogP contribution in [0.5, 0.6) is 0 Å². The van der Waals surface area contributed by atoms with E-state index in [1.165, 1.54) is 19.3 Å². The van der Waals surface area contributed by atoms with Crippen LogP contribution in [0, 0.1) is 11.8 Å². The van der Waals surface area contributed by atoms with E-state index in [-0.39, 0.29) is 18.1 Å². The highest BCUT2D eigenvalue weighted by Crippen LogP contribution is 2.35. The van der Waals surface area contributed by atoms with E-state index >= 15 is 0 Å². The number of nitrogens with zero attached hydrogens (tertiary/aromatic N) is 1. The monoisotopic (exact) mass is 327 g/mol. The van der Waals surface area contributed by atoms with E-state index in [1.54, 1.807) is 4.90 Å². The molecular formula is C18H33NO4. The van der Waals surface area contributed by atoms with E-state index in [0.29, 0.717) is 25.7 Å². The summed E-state index contributed by atoms with van der Waals surface area (Å²) in [4.78, 5) is 14.1. The van der Waals surface area contributed by atoms with Crippen LogP contribution in [0.15, 0.2) is 0 Å². The largest absolute Gasteiger partial charge is 0.444 e. The summed E-state index contributed by atoms with van der Waals surface area (Å²) in [6, 6.07) is -0.292. The fraction of sp³-hybridized carbons (Fsp3) is 0.944. The zero-order chi connectivity index (χ0) is 17.0. The van der Waals surface area contributed by atoms with Gasteiger partial charge in [-0.2, -0.15) is 0 Å². The normalized spacial score (nSPS) is 30.8. The average Bonchev–Trinajstić information content (AvgIpc) is 2.52. The third kappa shape index (κ3) is 5.08. The molecule has 134 valence electrons. The molecule has 0 radical (unpaired) electrons. The molecule has 1 aliphatic carbocycles. The summed E-state index contributed by atoms with van der Waals surface area (Å²) >= 11 is 0. The summed E-state index contributed by atoms with van der Waals surface area (Å²) in [5, 5.41) is 10.9. The highest BCUT2D eigenvalue weighted by Gasteiger charge is 2.39. The molecule has 1 N–H and O–H groups in total. The number of amides is 1.